The zero-order valence-corrected chi connectivity index (χ0v) is 14.3. The average molecular weight is 382 g/mol. The van der Waals surface area contributed by atoms with Gasteiger partial charge in [-0.3, -0.25) is 9.59 Å². The average Bonchev–Trinajstić information content (AvgIpc) is 2.86. The molecule has 1 fully saturated rings. The molecule has 0 bridgehead atoms. The van der Waals surface area contributed by atoms with Gasteiger partial charge in [0.2, 0.25) is 5.91 Å². The number of aliphatic hydroxyl groups excluding tert-OH is 1. The Hall–Kier alpha value is -2.14. The molecule has 11 heteroatoms. The topological polar surface area (TPSA) is 105 Å². The minimum absolute atomic E-state index is 0.0700. The lowest BCUT2D eigenvalue weighted by atomic mass is 9.99. The number of carbonyl (C=O) groups is 3. The van der Waals surface area contributed by atoms with Gasteiger partial charge in [0.05, 0.1) is 26.4 Å². The van der Waals surface area contributed by atoms with E-state index in [1.807, 2.05) is 0 Å². The summed E-state index contributed by atoms with van der Waals surface area (Å²) in [5.41, 5.74) is 0. The van der Waals surface area contributed by atoms with Gasteiger partial charge in [-0.15, -0.1) is 6.58 Å². The molecule has 1 aliphatic heterocycles. The second-order valence-electron chi connectivity index (χ2n) is 5.74. The normalized spacial score (nSPS) is 24.1. The van der Waals surface area contributed by atoms with Gasteiger partial charge >= 0.3 is 18.1 Å². The fourth-order valence-corrected chi connectivity index (χ4v) is 2.57. The van der Waals surface area contributed by atoms with Crippen LogP contribution in [0.1, 0.15) is 6.92 Å². The standard InChI is InChI=1S/C15H21F3N2O6/c1-4-5-26-7-9(13(23)25-3)19-12(22)11-8(2)10(21)6-20(11)14(24)15(16,17)18/h4,8-11,21H,1,5-7H2,2-3H3,(H,19,22). The molecule has 2 N–H and O–H groups in total. The highest BCUT2D eigenvalue weighted by Gasteiger charge is 2.52. The van der Waals surface area contributed by atoms with Crippen molar-refractivity contribution in [2.45, 2.75) is 31.3 Å². The minimum atomic E-state index is -5.20. The highest BCUT2D eigenvalue weighted by atomic mass is 19.4. The van der Waals surface area contributed by atoms with Crippen LogP contribution in [0, 0.1) is 5.92 Å². The van der Waals surface area contributed by atoms with Gasteiger partial charge in [0.25, 0.3) is 0 Å². The number of β-amino-alcohol motifs (C(OH)–C–C–N with tert-alkyl or cyclic N) is 1. The summed E-state index contributed by atoms with van der Waals surface area (Å²) < 4.78 is 47.8. The minimum Gasteiger partial charge on any atom is -0.467 e. The van der Waals surface area contributed by atoms with Crippen LogP contribution in [0.15, 0.2) is 12.7 Å². The van der Waals surface area contributed by atoms with E-state index in [0.29, 0.717) is 0 Å². The number of methoxy groups -OCH3 is 1. The summed E-state index contributed by atoms with van der Waals surface area (Å²) in [6.07, 6.45) is -5.11. The van der Waals surface area contributed by atoms with E-state index in [1.54, 1.807) is 0 Å². The number of amides is 2. The van der Waals surface area contributed by atoms with Crippen molar-refractivity contribution in [3.63, 3.8) is 0 Å². The number of aliphatic hydroxyl groups is 1. The van der Waals surface area contributed by atoms with Gasteiger partial charge in [0.15, 0.2) is 6.04 Å². The van der Waals surface area contributed by atoms with Crippen LogP contribution >= 0.6 is 0 Å². The smallest absolute Gasteiger partial charge is 0.467 e. The molecule has 0 radical (unpaired) electrons. The van der Waals surface area contributed by atoms with Crippen LogP contribution in [0.4, 0.5) is 13.2 Å². The maximum Gasteiger partial charge on any atom is 0.471 e. The summed E-state index contributed by atoms with van der Waals surface area (Å²) in [6, 6.07) is -2.88. The molecule has 1 heterocycles. The Morgan fingerprint density at radius 2 is 2.04 bits per heavy atom. The van der Waals surface area contributed by atoms with Crippen LogP contribution in [-0.4, -0.2) is 79.0 Å². The molecule has 2 amide bonds. The lowest BCUT2D eigenvalue weighted by Gasteiger charge is -2.27. The monoisotopic (exact) mass is 382 g/mol. The zero-order valence-electron chi connectivity index (χ0n) is 14.3. The first kappa shape index (κ1) is 21.9. The Morgan fingerprint density at radius 3 is 2.54 bits per heavy atom. The largest absolute Gasteiger partial charge is 0.471 e. The van der Waals surface area contributed by atoms with Crippen molar-refractivity contribution in [1.29, 1.82) is 0 Å². The quantitative estimate of drug-likeness (QED) is 0.353. The number of nitrogens with one attached hydrogen (secondary N) is 1. The first-order valence-electron chi connectivity index (χ1n) is 7.67. The third-order valence-electron chi connectivity index (χ3n) is 3.92. The Bertz CT molecular complexity index is 554. The Kier molecular flexibility index (Phi) is 7.57. The number of nitrogens with zero attached hydrogens (tertiary/aromatic N) is 1. The molecular formula is C15H21F3N2O6. The second kappa shape index (κ2) is 8.99. The molecule has 4 atom stereocenters. The molecule has 0 aromatic rings. The van der Waals surface area contributed by atoms with Crippen LogP contribution in [0.3, 0.4) is 0 Å². The van der Waals surface area contributed by atoms with Gasteiger partial charge < -0.3 is 24.8 Å². The number of carbonyl (C=O) groups excluding carboxylic acids is 3. The van der Waals surface area contributed by atoms with Crippen molar-refractivity contribution in [2.75, 3.05) is 26.9 Å². The maximum atomic E-state index is 12.7. The van der Waals surface area contributed by atoms with Crippen molar-refractivity contribution in [3.8, 4) is 0 Å². The van der Waals surface area contributed by atoms with Gasteiger partial charge in [-0.1, -0.05) is 13.0 Å². The van der Waals surface area contributed by atoms with Gasteiger partial charge in [-0.05, 0) is 0 Å². The Balaban J connectivity index is 2.96. The predicted molar refractivity (Wildman–Crippen MR) is 81.7 cm³/mol. The number of hydrogen-bond donors (Lipinski definition) is 2. The fourth-order valence-electron chi connectivity index (χ4n) is 2.57. The maximum absolute atomic E-state index is 12.7. The van der Waals surface area contributed by atoms with Crippen molar-refractivity contribution >= 4 is 17.8 Å². The molecule has 1 aliphatic rings. The molecule has 1 rings (SSSR count). The van der Waals surface area contributed by atoms with E-state index in [9.17, 15) is 32.7 Å². The molecule has 148 valence electrons. The highest BCUT2D eigenvalue weighted by molar-refractivity contribution is 5.93. The molecule has 26 heavy (non-hydrogen) atoms. The Morgan fingerprint density at radius 1 is 1.42 bits per heavy atom. The summed E-state index contributed by atoms with van der Waals surface area (Å²) in [5.74, 6) is -5.10. The molecule has 0 spiro atoms. The van der Waals surface area contributed by atoms with Crippen LogP contribution in [0.25, 0.3) is 0 Å². The van der Waals surface area contributed by atoms with Crippen molar-refractivity contribution in [1.82, 2.24) is 10.2 Å². The van der Waals surface area contributed by atoms with Gasteiger partial charge in [0.1, 0.15) is 6.04 Å². The van der Waals surface area contributed by atoms with Crippen LogP contribution in [0.2, 0.25) is 0 Å². The molecule has 0 aromatic heterocycles. The van der Waals surface area contributed by atoms with E-state index >= 15 is 0 Å². The van der Waals surface area contributed by atoms with E-state index in [0.717, 1.165) is 7.11 Å². The lowest BCUT2D eigenvalue weighted by Crippen LogP contribution is -2.55. The SMILES string of the molecule is C=CCOCC(NC(=O)C1C(C)C(O)CN1C(=O)C(F)(F)F)C(=O)OC. The molecule has 0 aliphatic carbocycles. The zero-order chi connectivity index (χ0) is 20.1. The van der Waals surface area contributed by atoms with Gasteiger partial charge in [-0.2, -0.15) is 13.2 Å². The molecule has 0 aromatic carbocycles. The molecule has 0 saturated carbocycles. The molecular weight excluding hydrogens is 361 g/mol. The number of hydrogen-bond acceptors (Lipinski definition) is 6. The van der Waals surface area contributed by atoms with E-state index in [4.69, 9.17) is 4.74 Å². The number of ether oxygens (including phenoxy) is 2. The number of rotatable bonds is 7. The second-order valence-corrected chi connectivity index (χ2v) is 5.74. The number of esters is 1. The molecule has 8 nitrogen and oxygen atoms in total. The highest BCUT2D eigenvalue weighted by Crippen LogP contribution is 2.29. The third kappa shape index (κ3) is 5.18. The summed E-state index contributed by atoms with van der Waals surface area (Å²) in [4.78, 5) is 36.0. The van der Waals surface area contributed by atoms with E-state index in [2.05, 4.69) is 16.6 Å². The van der Waals surface area contributed by atoms with Crippen LogP contribution in [0.5, 0.6) is 0 Å². The van der Waals surface area contributed by atoms with Gasteiger partial charge in [0, 0.05) is 12.5 Å². The lowest BCUT2D eigenvalue weighted by molar-refractivity contribution is -0.187. The number of alkyl halides is 3. The first-order chi connectivity index (χ1) is 12.0. The van der Waals surface area contributed by atoms with Crippen LogP contribution in [-0.2, 0) is 23.9 Å². The summed E-state index contributed by atoms with van der Waals surface area (Å²) in [7, 11) is 1.07. The van der Waals surface area contributed by atoms with Crippen LogP contribution < -0.4 is 5.32 Å². The number of halogens is 3. The molecule has 1 saturated heterocycles. The van der Waals surface area contributed by atoms with Crippen molar-refractivity contribution < 1.29 is 42.1 Å². The summed E-state index contributed by atoms with van der Waals surface area (Å²) in [5, 5.41) is 12.0. The van der Waals surface area contributed by atoms with Crippen molar-refractivity contribution in [2.24, 2.45) is 5.92 Å². The number of likely N-dealkylation sites (tertiary alicyclic amines) is 1. The Labute approximate surface area is 147 Å². The predicted octanol–water partition coefficient (Wildman–Crippen LogP) is -0.383. The van der Waals surface area contributed by atoms with E-state index in [-0.39, 0.29) is 18.1 Å². The molecule has 4 unspecified atom stereocenters. The first-order valence-corrected chi connectivity index (χ1v) is 7.67. The van der Waals surface area contributed by atoms with E-state index < -0.39 is 54.6 Å². The van der Waals surface area contributed by atoms with E-state index in [1.165, 1.54) is 13.0 Å². The third-order valence-corrected chi connectivity index (χ3v) is 3.92. The van der Waals surface area contributed by atoms with Gasteiger partial charge in [-0.25, -0.2) is 4.79 Å². The summed E-state index contributed by atoms with van der Waals surface area (Å²) in [6.45, 7) is 3.86. The summed E-state index contributed by atoms with van der Waals surface area (Å²) >= 11 is 0. The fraction of sp³-hybridized carbons (Fsp3) is 0.667. The van der Waals surface area contributed by atoms with Crippen molar-refractivity contribution in [3.05, 3.63) is 12.7 Å².